The van der Waals surface area contributed by atoms with Crippen molar-refractivity contribution < 1.29 is 33.6 Å². The molecule has 5 atom stereocenters. The Morgan fingerprint density at radius 2 is 1.83 bits per heavy atom. The number of esters is 1. The summed E-state index contributed by atoms with van der Waals surface area (Å²) in [7, 11) is 0. The number of fused-ring (bicyclic) bond motifs is 1. The molecule has 0 bridgehead atoms. The number of aliphatic hydroxyl groups is 1. The topological polar surface area (TPSA) is 83.5 Å². The lowest BCUT2D eigenvalue weighted by Gasteiger charge is -2.42. The van der Waals surface area contributed by atoms with Crippen LogP contribution in [0.2, 0.25) is 0 Å². The van der Waals surface area contributed by atoms with Gasteiger partial charge in [0.15, 0.2) is 12.1 Å². The Labute approximate surface area is 179 Å². The van der Waals surface area contributed by atoms with E-state index in [0.29, 0.717) is 19.4 Å². The van der Waals surface area contributed by atoms with E-state index in [4.69, 9.17) is 23.7 Å². The van der Waals surface area contributed by atoms with Crippen molar-refractivity contribution in [2.24, 2.45) is 0 Å². The number of hydrogen-bond donors (Lipinski definition) is 1. The Morgan fingerprint density at radius 1 is 1.07 bits per heavy atom. The first kappa shape index (κ1) is 22.5. The van der Waals surface area contributed by atoms with Gasteiger partial charge in [0.2, 0.25) is 0 Å². The molecule has 2 saturated carbocycles. The maximum atomic E-state index is 12.5. The molecule has 30 heavy (non-hydrogen) atoms. The Hall–Kier alpha value is -0.730. The van der Waals surface area contributed by atoms with Gasteiger partial charge in [-0.2, -0.15) is 0 Å². The molecule has 1 unspecified atom stereocenters. The standard InChI is InChI=1S/C23H38O7/c1-21(2,3)29-18(24)15-22(25)13-16(27-19-9-5-8-12-26-19)20-17(14-22)28-23(30-20)10-6-4-7-11-23/h16-17,19-20,25H,4-15H2,1-3H3/t16-,17-,19?,20+,22+/m1/s1. The number of carbonyl (C=O) groups is 1. The minimum absolute atomic E-state index is 0.0742. The largest absolute Gasteiger partial charge is 0.460 e. The molecular formula is C23H38O7. The van der Waals surface area contributed by atoms with Crippen molar-refractivity contribution in [2.45, 2.75) is 133 Å². The van der Waals surface area contributed by atoms with Crippen molar-refractivity contribution >= 4 is 5.97 Å². The van der Waals surface area contributed by atoms with Gasteiger partial charge < -0.3 is 28.8 Å². The molecular weight excluding hydrogens is 388 g/mol. The van der Waals surface area contributed by atoms with Crippen molar-refractivity contribution in [3.8, 4) is 0 Å². The fourth-order valence-electron chi connectivity index (χ4n) is 5.37. The van der Waals surface area contributed by atoms with Crippen LogP contribution >= 0.6 is 0 Å². The normalized spacial score (nSPS) is 38.9. The van der Waals surface area contributed by atoms with Gasteiger partial charge in [-0.3, -0.25) is 4.79 Å². The summed E-state index contributed by atoms with van der Waals surface area (Å²) in [5.41, 5.74) is -1.83. The number of rotatable bonds is 4. The quantitative estimate of drug-likeness (QED) is 0.688. The Kier molecular flexibility index (Phi) is 6.48. The van der Waals surface area contributed by atoms with Gasteiger partial charge in [-0.05, 0) is 52.9 Å². The summed E-state index contributed by atoms with van der Waals surface area (Å²) in [5.74, 6) is -0.970. The van der Waals surface area contributed by atoms with Crippen LogP contribution in [0.4, 0.5) is 0 Å². The fourth-order valence-corrected chi connectivity index (χ4v) is 5.37. The number of hydrogen-bond acceptors (Lipinski definition) is 7. The van der Waals surface area contributed by atoms with E-state index in [1.807, 2.05) is 20.8 Å². The molecule has 2 saturated heterocycles. The third-order valence-electron chi connectivity index (χ3n) is 6.59. The van der Waals surface area contributed by atoms with Crippen LogP contribution in [0.25, 0.3) is 0 Å². The van der Waals surface area contributed by atoms with Gasteiger partial charge in [0.05, 0.1) is 24.2 Å². The SMILES string of the molecule is CC(C)(C)OC(=O)C[C@]1(O)C[C@@H](OC2CCCCO2)[C@@H]2OC3(CCCCC3)O[C@@H]2C1. The zero-order chi connectivity index (χ0) is 21.4. The second-order valence-corrected chi connectivity index (χ2v) is 10.6. The van der Waals surface area contributed by atoms with E-state index < -0.39 is 23.0 Å². The average Bonchev–Trinajstić information content (AvgIpc) is 2.98. The van der Waals surface area contributed by atoms with Gasteiger partial charge in [0.25, 0.3) is 0 Å². The summed E-state index contributed by atoms with van der Waals surface area (Å²) in [6.07, 6.45) is 7.44. The molecule has 1 spiro atoms. The highest BCUT2D eigenvalue weighted by atomic mass is 16.8. The van der Waals surface area contributed by atoms with Crippen LogP contribution in [0.3, 0.4) is 0 Å². The van der Waals surface area contributed by atoms with Gasteiger partial charge in [-0.25, -0.2) is 0 Å². The van der Waals surface area contributed by atoms with E-state index in [1.54, 1.807) is 0 Å². The molecule has 172 valence electrons. The smallest absolute Gasteiger partial charge is 0.309 e. The van der Waals surface area contributed by atoms with E-state index in [-0.39, 0.29) is 31.0 Å². The summed E-state index contributed by atoms with van der Waals surface area (Å²) >= 11 is 0. The van der Waals surface area contributed by atoms with Crippen LogP contribution in [0.5, 0.6) is 0 Å². The van der Waals surface area contributed by atoms with Gasteiger partial charge in [-0.15, -0.1) is 0 Å². The van der Waals surface area contributed by atoms with Crippen LogP contribution in [0.15, 0.2) is 0 Å². The van der Waals surface area contributed by atoms with Crippen molar-refractivity contribution in [3.05, 3.63) is 0 Å². The van der Waals surface area contributed by atoms with Gasteiger partial charge in [0.1, 0.15) is 11.7 Å². The molecule has 0 aromatic rings. The summed E-state index contributed by atoms with van der Waals surface area (Å²) in [4.78, 5) is 12.5. The van der Waals surface area contributed by atoms with Crippen molar-refractivity contribution in [1.29, 1.82) is 0 Å². The fraction of sp³-hybridized carbons (Fsp3) is 0.957. The minimum atomic E-state index is -1.24. The van der Waals surface area contributed by atoms with Crippen molar-refractivity contribution in [2.75, 3.05) is 6.61 Å². The first-order valence-electron chi connectivity index (χ1n) is 11.7. The first-order chi connectivity index (χ1) is 14.2. The van der Waals surface area contributed by atoms with Crippen LogP contribution < -0.4 is 0 Å². The van der Waals surface area contributed by atoms with Crippen LogP contribution in [-0.2, 0) is 28.5 Å². The Morgan fingerprint density at radius 3 is 2.50 bits per heavy atom. The van der Waals surface area contributed by atoms with Crippen molar-refractivity contribution in [3.63, 3.8) is 0 Å². The van der Waals surface area contributed by atoms with Crippen molar-refractivity contribution in [1.82, 2.24) is 0 Å². The zero-order valence-electron chi connectivity index (χ0n) is 18.7. The summed E-state index contributed by atoms with van der Waals surface area (Å²) in [6, 6.07) is 0. The van der Waals surface area contributed by atoms with Gasteiger partial charge in [-0.1, -0.05) is 6.42 Å². The Balaban J connectivity index is 1.49. The monoisotopic (exact) mass is 426 g/mol. The van der Waals surface area contributed by atoms with Crippen LogP contribution in [-0.4, -0.2) is 59.3 Å². The predicted molar refractivity (Wildman–Crippen MR) is 109 cm³/mol. The molecule has 1 N–H and O–H groups in total. The lowest BCUT2D eigenvalue weighted by atomic mass is 9.77. The third kappa shape index (κ3) is 5.36. The Bertz CT molecular complexity index is 603. The average molecular weight is 427 g/mol. The lowest BCUT2D eigenvalue weighted by molar-refractivity contribution is -0.241. The molecule has 7 nitrogen and oxygen atoms in total. The number of carbonyl (C=O) groups excluding carboxylic acids is 1. The highest BCUT2D eigenvalue weighted by Gasteiger charge is 2.57. The molecule has 7 heteroatoms. The maximum absolute atomic E-state index is 12.5. The second-order valence-electron chi connectivity index (χ2n) is 10.6. The van der Waals surface area contributed by atoms with E-state index >= 15 is 0 Å². The lowest BCUT2D eigenvalue weighted by Crippen LogP contribution is -2.54. The molecule has 2 aliphatic heterocycles. The van der Waals surface area contributed by atoms with Crippen LogP contribution in [0, 0.1) is 0 Å². The third-order valence-corrected chi connectivity index (χ3v) is 6.59. The van der Waals surface area contributed by atoms with E-state index in [2.05, 4.69) is 0 Å². The second kappa shape index (κ2) is 8.66. The van der Waals surface area contributed by atoms with Gasteiger partial charge >= 0.3 is 5.97 Å². The molecule has 2 heterocycles. The molecule has 4 aliphatic rings. The molecule has 0 radical (unpaired) electrons. The van der Waals surface area contributed by atoms with E-state index in [1.165, 1.54) is 6.42 Å². The molecule has 4 rings (SSSR count). The first-order valence-corrected chi connectivity index (χ1v) is 11.7. The summed E-state index contributed by atoms with van der Waals surface area (Å²) in [5, 5.41) is 11.4. The summed E-state index contributed by atoms with van der Waals surface area (Å²) in [6.45, 7) is 6.19. The number of ether oxygens (including phenoxy) is 5. The molecule has 2 aliphatic carbocycles. The molecule has 0 aromatic heterocycles. The predicted octanol–water partition coefficient (Wildman–Crippen LogP) is 3.60. The maximum Gasteiger partial charge on any atom is 0.309 e. The minimum Gasteiger partial charge on any atom is -0.460 e. The highest BCUT2D eigenvalue weighted by Crippen LogP contribution is 2.48. The molecule has 0 aromatic carbocycles. The van der Waals surface area contributed by atoms with Gasteiger partial charge in [0, 0.05) is 32.3 Å². The van der Waals surface area contributed by atoms with Crippen LogP contribution in [0.1, 0.15) is 91.4 Å². The zero-order valence-corrected chi connectivity index (χ0v) is 18.7. The van der Waals surface area contributed by atoms with E-state index in [0.717, 1.165) is 44.9 Å². The summed E-state index contributed by atoms with van der Waals surface area (Å²) < 4.78 is 30.5. The molecule has 0 amide bonds. The molecule has 4 fully saturated rings. The van der Waals surface area contributed by atoms with E-state index in [9.17, 15) is 9.90 Å². The highest BCUT2D eigenvalue weighted by molar-refractivity contribution is 5.71.